The molecule has 124 valence electrons. The Labute approximate surface area is 135 Å². The second-order valence-electron chi connectivity index (χ2n) is 6.64. The predicted molar refractivity (Wildman–Crippen MR) is 94.7 cm³/mol. The minimum Gasteiger partial charge on any atom is -0.392 e. The first kappa shape index (κ1) is 18.9. The van der Waals surface area contributed by atoms with Gasteiger partial charge in [-0.15, -0.1) is 0 Å². The molecule has 2 nitrogen and oxygen atoms in total. The van der Waals surface area contributed by atoms with Crippen molar-refractivity contribution in [2.24, 2.45) is 5.92 Å². The molecule has 2 heteroatoms. The monoisotopic (exact) mass is 304 g/mol. The average Bonchev–Trinajstić information content (AvgIpc) is 2.46. The smallest absolute Gasteiger partial charge is 0.0789 e. The number of aliphatic hydroxyl groups excluding tert-OH is 2. The van der Waals surface area contributed by atoms with Crippen LogP contribution in [0, 0.1) is 5.92 Å². The van der Waals surface area contributed by atoms with Gasteiger partial charge in [0.2, 0.25) is 0 Å². The first-order valence-electron chi connectivity index (χ1n) is 8.39. The molecule has 0 saturated heterocycles. The topological polar surface area (TPSA) is 40.5 Å². The van der Waals surface area contributed by atoms with Crippen LogP contribution in [0.4, 0.5) is 0 Å². The fourth-order valence-corrected chi connectivity index (χ4v) is 2.90. The van der Waals surface area contributed by atoms with Crippen LogP contribution in [0.25, 0.3) is 0 Å². The van der Waals surface area contributed by atoms with Crippen molar-refractivity contribution >= 4 is 0 Å². The molecule has 0 saturated carbocycles. The van der Waals surface area contributed by atoms with Gasteiger partial charge in [0.25, 0.3) is 0 Å². The molecule has 1 rings (SSSR count). The molecule has 2 atom stereocenters. The molecule has 0 aromatic heterocycles. The standard InChI is InChI=1S/C20H32O2/c1-15-7-5-9-16(2)11-12-19(18(4)14-21)20(22)13-17(3)10-6-8-15/h8-9,13,19-22H,4-7,10-12,14H2,1-3H3/b15-8+,16-9+,17-13+/t19?,20-/m1/s1. The van der Waals surface area contributed by atoms with E-state index in [2.05, 4.69) is 39.5 Å². The van der Waals surface area contributed by atoms with Gasteiger partial charge in [0.05, 0.1) is 12.7 Å². The van der Waals surface area contributed by atoms with E-state index in [1.165, 1.54) is 16.7 Å². The van der Waals surface area contributed by atoms with Gasteiger partial charge >= 0.3 is 0 Å². The molecule has 2 N–H and O–H groups in total. The summed E-state index contributed by atoms with van der Waals surface area (Å²) in [6.07, 6.45) is 12.0. The lowest BCUT2D eigenvalue weighted by molar-refractivity contribution is 0.155. The summed E-state index contributed by atoms with van der Waals surface area (Å²) >= 11 is 0. The van der Waals surface area contributed by atoms with E-state index in [-0.39, 0.29) is 12.5 Å². The van der Waals surface area contributed by atoms with Gasteiger partial charge in [0.15, 0.2) is 0 Å². The molecule has 0 spiro atoms. The second kappa shape index (κ2) is 9.81. The van der Waals surface area contributed by atoms with Crippen molar-refractivity contribution in [3.8, 4) is 0 Å². The van der Waals surface area contributed by atoms with Crippen LogP contribution in [-0.4, -0.2) is 22.9 Å². The summed E-state index contributed by atoms with van der Waals surface area (Å²) in [5, 5.41) is 19.9. The summed E-state index contributed by atoms with van der Waals surface area (Å²) in [6, 6.07) is 0. The third kappa shape index (κ3) is 6.76. The van der Waals surface area contributed by atoms with Crippen LogP contribution in [0.1, 0.15) is 59.3 Å². The molecule has 0 aliphatic heterocycles. The van der Waals surface area contributed by atoms with Gasteiger partial charge in [-0.1, -0.05) is 41.5 Å². The molecular weight excluding hydrogens is 272 g/mol. The Kier molecular flexibility index (Phi) is 8.44. The molecule has 0 bridgehead atoms. The zero-order valence-corrected chi connectivity index (χ0v) is 14.4. The average molecular weight is 304 g/mol. The molecule has 0 heterocycles. The van der Waals surface area contributed by atoms with E-state index in [0.29, 0.717) is 0 Å². The Bertz CT molecular complexity index is 454. The Balaban J connectivity index is 2.93. The van der Waals surface area contributed by atoms with Crippen molar-refractivity contribution in [3.05, 3.63) is 47.1 Å². The quantitative estimate of drug-likeness (QED) is 0.726. The number of aliphatic hydroxyl groups is 2. The molecule has 1 unspecified atom stereocenters. The molecule has 0 aromatic rings. The lowest BCUT2D eigenvalue weighted by Crippen LogP contribution is -2.22. The molecule has 0 fully saturated rings. The normalized spacial score (nSPS) is 32.7. The third-order valence-electron chi connectivity index (χ3n) is 4.51. The molecule has 0 radical (unpaired) electrons. The lowest BCUT2D eigenvalue weighted by atomic mass is 9.87. The van der Waals surface area contributed by atoms with E-state index < -0.39 is 6.10 Å². The molecule has 0 aromatic carbocycles. The van der Waals surface area contributed by atoms with Crippen LogP contribution in [0.5, 0.6) is 0 Å². The van der Waals surface area contributed by atoms with Crippen molar-refractivity contribution in [3.63, 3.8) is 0 Å². The van der Waals surface area contributed by atoms with Gasteiger partial charge in [-0.3, -0.25) is 0 Å². The molecule has 0 amide bonds. The highest BCUT2D eigenvalue weighted by Crippen LogP contribution is 2.25. The van der Waals surface area contributed by atoms with E-state index in [0.717, 1.165) is 44.1 Å². The van der Waals surface area contributed by atoms with E-state index in [9.17, 15) is 10.2 Å². The Morgan fingerprint density at radius 2 is 1.59 bits per heavy atom. The van der Waals surface area contributed by atoms with Gasteiger partial charge in [0, 0.05) is 5.92 Å². The first-order chi connectivity index (χ1) is 10.4. The van der Waals surface area contributed by atoms with Crippen molar-refractivity contribution in [2.45, 2.75) is 65.4 Å². The lowest BCUT2D eigenvalue weighted by Gasteiger charge is -2.23. The summed E-state index contributed by atoms with van der Waals surface area (Å²) in [6.45, 7) is 10.3. The number of allylic oxidation sites excluding steroid dienone is 5. The fourth-order valence-electron chi connectivity index (χ4n) is 2.90. The van der Waals surface area contributed by atoms with Crippen LogP contribution in [0.2, 0.25) is 0 Å². The van der Waals surface area contributed by atoms with Gasteiger partial charge < -0.3 is 10.2 Å². The fraction of sp³-hybridized carbons (Fsp3) is 0.600. The summed E-state index contributed by atoms with van der Waals surface area (Å²) in [7, 11) is 0. The highest BCUT2D eigenvalue weighted by Gasteiger charge is 2.20. The summed E-state index contributed by atoms with van der Waals surface area (Å²) in [5.74, 6) is -0.0662. The minimum absolute atomic E-state index is 0.0562. The zero-order chi connectivity index (χ0) is 16.5. The first-order valence-corrected chi connectivity index (χ1v) is 8.39. The summed E-state index contributed by atoms with van der Waals surface area (Å²) < 4.78 is 0. The Morgan fingerprint density at radius 1 is 1.05 bits per heavy atom. The highest BCUT2D eigenvalue weighted by molar-refractivity contribution is 5.14. The third-order valence-corrected chi connectivity index (χ3v) is 4.51. The molecular formula is C20H32O2. The van der Waals surface area contributed by atoms with Crippen LogP contribution >= 0.6 is 0 Å². The van der Waals surface area contributed by atoms with Crippen molar-refractivity contribution in [1.82, 2.24) is 0 Å². The maximum absolute atomic E-state index is 10.5. The van der Waals surface area contributed by atoms with Crippen molar-refractivity contribution < 1.29 is 10.2 Å². The van der Waals surface area contributed by atoms with E-state index in [1.54, 1.807) is 0 Å². The van der Waals surface area contributed by atoms with E-state index >= 15 is 0 Å². The number of hydrogen-bond donors (Lipinski definition) is 2. The molecule has 22 heavy (non-hydrogen) atoms. The Morgan fingerprint density at radius 3 is 2.18 bits per heavy atom. The predicted octanol–water partition coefficient (Wildman–Crippen LogP) is 4.71. The van der Waals surface area contributed by atoms with Crippen LogP contribution in [0.15, 0.2) is 47.1 Å². The number of rotatable bonds is 2. The van der Waals surface area contributed by atoms with E-state index in [1.807, 2.05) is 6.08 Å². The van der Waals surface area contributed by atoms with Gasteiger partial charge in [-0.05, 0) is 64.9 Å². The summed E-state index contributed by atoms with van der Waals surface area (Å²) in [5.41, 5.74) is 4.73. The van der Waals surface area contributed by atoms with Gasteiger partial charge in [0.1, 0.15) is 0 Å². The van der Waals surface area contributed by atoms with Gasteiger partial charge in [-0.2, -0.15) is 0 Å². The maximum Gasteiger partial charge on any atom is 0.0789 e. The second-order valence-corrected chi connectivity index (χ2v) is 6.64. The molecule has 1 aliphatic carbocycles. The Hall–Kier alpha value is -1.12. The van der Waals surface area contributed by atoms with E-state index in [4.69, 9.17) is 0 Å². The van der Waals surface area contributed by atoms with Gasteiger partial charge in [-0.25, -0.2) is 0 Å². The van der Waals surface area contributed by atoms with Crippen molar-refractivity contribution in [1.29, 1.82) is 0 Å². The number of hydrogen-bond acceptors (Lipinski definition) is 2. The van der Waals surface area contributed by atoms with Crippen molar-refractivity contribution in [2.75, 3.05) is 6.61 Å². The highest BCUT2D eigenvalue weighted by atomic mass is 16.3. The molecule has 1 aliphatic rings. The summed E-state index contributed by atoms with van der Waals surface area (Å²) in [4.78, 5) is 0. The van der Waals surface area contributed by atoms with Crippen LogP contribution < -0.4 is 0 Å². The van der Waals surface area contributed by atoms with Crippen LogP contribution in [0.3, 0.4) is 0 Å². The largest absolute Gasteiger partial charge is 0.392 e. The SMILES string of the molecule is C=C(CO)C1CC/C(C)=C/CC/C(C)=C/CC/C(C)=C/[C@H]1O. The maximum atomic E-state index is 10.5. The minimum atomic E-state index is -0.555. The van der Waals surface area contributed by atoms with Crippen LogP contribution in [-0.2, 0) is 0 Å². The zero-order valence-electron chi connectivity index (χ0n) is 14.4.